The fourth-order valence-corrected chi connectivity index (χ4v) is 2.78. The maximum absolute atomic E-state index is 5.44. The Bertz CT molecular complexity index is 405. The molecule has 1 aromatic carbocycles. The van der Waals surface area contributed by atoms with Crippen molar-refractivity contribution in [1.82, 2.24) is 10.2 Å². The van der Waals surface area contributed by atoms with E-state index in [0.717, 1.165) is 38.3 Å². The van der Waals surface area contributed by atoms with E-state index >= 15 is 0 Å². The topological polar surface area (TPSA) is 33.7 Å². The highest BCUT2D eigenvalue weighted by atomic mass is 16.5. The van der Waals surface area contributed by atoms with Crippen LogP contribution in [-0.4, -0.2) is 51.9 Å². The van der Waals surface area contributed by atoms with Gasteiger partial charge in [-0.3, -0.25) is 0 Å². The highest BCUT2D eigenvalue weighted by Crippen LogP contribution is 2.21. The molecule has 4 nitrogen and oxygen atoms in total. The fraction of sp³-hybridized carbons (Fsp3) is 0.625. The second-order valence-corrected chi connectivity index (χ2v) is 5.40. The van der Waals surface area contributed by atoms with Gasteiger partial charge in [-0.25, -0.2) is 0 Å². The summed E-state index contributed by atoms with van der Waals surface area (Å²) in [5, 5.41) is 3.41. The molecule has 4 heteroatoms. The molecule has 1 atom stereocenters. The summed E-state index contributed by atoms with van der Waals surface area (Å²) >= 11 is 0. The third-order valence-electron chi connectivity index (χ3n) is 4.13. The molecule has 1 aliphatic heterocycles. The van der Waals surface area contributed by atoms with E-state index in [4.69, 9.17) is 9.47 Å². The van der Waals surface area contributed by atoms with Crippen LogP contribution in [0.25, 0.3) is 0 Å². The average Bonchev–Trinajstić information content (AvgIpc) is 2.53. The van der Waals surface area contributed by atoms with Crippen molar-refractivity contribution in [3.8, 4) is 5.75 Å². The Kier molecular flexibility index (Phi) is 5.83. The molecule has 1 fully saturated rings. The molecule has 1 aromatic rings. The molecule has 0 radical (unpaired) electrons. The van der Waals surface area contributed by atoms with E-state index in [2.05, 4.69) is 29.4 Å². The number of hydrogen-bond donors (Lipinski definition) is 1. The first kappa shape index (κ1) is 15.3. The Hall–Kier alpha value is -1.10. The van der Waals surface area contributed by atoms with E-state index in [-0.39, 0.29) is 0 Å². The molecular formula is C16H26N2O2. The summed E-state index contributed by atoms with van der Waals surface area (Å²) < 4.78 is 10.8. The summed E-state index contributed by atoms with van der Waals surface area (Å²) in [6.07, 6.45) is 2.26. The summed E-state index contributed by atoms with van der Waals surface area (Å²) in [6.45, 7) is 2.77. The molecule has 0 aliphatic carbocycles. The molecule has 0 aromatic heterocycles. The van der Waals surface area contributed by atoms with Crippen molar-refractivity contribution in [2.45, 2.75) is 24.9 Å². The van der Waals surface area contributed by atoms with Gasteiger partial charge in [-0.15, -0.1) is 0 Å². The van der Waals surface area contributed by atoms with Gasteiger partial charge in [-0.05, 0) is 44.6 Å². The number of nitrogens with zero attached hydrogens (tertiary/aromatic N) is 1. The summed E-state index contributed by atoms with van der Waals surface area (Å²) in [5.41, 5.74) is 1.27. The first-order valence-electron chi connectivity index (χ1n) is 7.33. The molecule has 1 unspecified atom stereocenters. The number of hydrogen-bond acceptors (Lipinski definition) is 4. The lowest BCUT2D eigenvalue weighted by atomic mass is 10.0. The van der Waals surface area contributed by atoms with Crippen molar-refractivity contribution in [2.24, 2.45) is 0 Å². The smallest absolute Gasteiger partial charge is 0.119 e. The molecule has 1 saturated heterocycles. The number of benzene rings is 1. The van der Waals surface area contributed by atoms with Crippen molar-refractivity contribution < 1.29 is 9.47 Å². The van der Waals surface area contributed by atoms with Gasteiger partial charge in [0, 0.05) is 31.8 Å². The van der Waals surface area contributed by atoms with Gasteiger partial charge in [0.15, 0.2) is 0 Å². The Morgan fingerprint density at radius 2 is 2.15 bits per heavy atom. The van der Waals surface area contributed by atoms with Gasteiger partial charge in [-0.2, -0.15) is 0 Å². The molecule has 20 heavy (non-hydrogen) atoms. The van der Waals surface area contributed by atoms with Crippen LogP contribution in [0.15, 0.2) is 24.3 Å². The molecule has 0 bridgehead atoms. The quantitative estimate of drug-likeness (QED) is 0.863. The average molecular weight is 278 g/mol. The Morgan fingerprint density at radius 1 is 1.40 bits per heavy atom. The Balaban J connectivity index is 1.99. The summed E-state index contributed by atoms with van der Waals surface area (Å²) in [4.78, 5) is 2.45. The van der Waals surface area contributed by atoms with E-state index in [1.165, 1.54) is 5.56 Å². The van der Waals surface area contributed by atoms with Gasteiger partial charge in [0.2, 0.25) is 0 Å². The van der Waals surface area contributed by atoms with E-state index in [0.29, 0.717) is 12.1 Å². The maximum Gasteiger partial charge on any atom is 0.119 e. The van der Waals surface area contributed by atoms with Gasteiger partial charge < -0.3 is 19.7 Å². The first-order valence-corrected chi connectivity index (χ1v) is 7.33. The van der Waals surface area contributed by atoms with Crippen LogP contribution in [0.3, 0.4) is 0 Å². The minimum absolute atomic E-state index is 0.318. The fourth-order valence-electron chi connectivity index (χ4n) is 2.78. The number of nitrogens with one attached hydrogen (secondary N) is 1. The second-order valence-electron chi connectivity index (χ2n) is 5.40. The van der Waals surface area contributed by atoms with Crippen LogP contribution in [0.5, 0.6) is 5.75 Å². The highest BCUT2D eigenvalue weighted by Gasteiger charge is 2.21. The predicted octanol–water partition coefficient (Wildman–Crippen LogP) is 2.07. The lowest BCUT2D eigenvalue weighted by Crippen LogP contribution is -2.41. The minimum atomic E-state index is 0.318. The van der Waals surface area contributed by atoms with Crippen LogP contribution in [-0.2, 0) is 4.74 Å². The molecular weight excluding hydrogens is 252 g/mol. The zero-order valence-corrected chi connectivity index (χ0v) is 12.8. The molecule has 0 spiro atoms. The normalized spacial score (nSPS) is 18.2. The number of ether oxygens (including phenoxy) is 2. The second kappa shape index (κ2) is 7.62. The predicted molar refractivity (Wildman–Crippen MR) is 81.3 cm³/mol. The number of rotatable bonds is 6. The molecule has 1 N–H and O–H groups in total. The lowest BCUT2D eigenvalue weighted by molar-refractivity contribution is 0.0404. The molecule has 1 aliphatic rings. The largest absolute Gasteiger partial charge is 0.497 e. The number of methoxy groups -OCH3 is 1. The SMILES string of the molecule is CNC(CN(C)C1CCOCC1)c1cccc(OC)c1. The van der Waals surface area contributed by atoms with Crippen LogP contribution in [0, 0.1) is 0 Å². The van der Waals surface area contributed by atoms with Crippen molar-refractivity contribution in [2.75, 3.05) is 41.0 Å². The van der Waals surface area contributed by atoms with Crippen LogP contribution in [0.2, 0.25) is 0 Å². The maximum atomic E-state index is 5.44. The van der Waals surface area contributed by atoms with E-state index in [9.17, 15) is 0 Å². The lowest BCUT2D eigenvalue weighted by Gasteiger charge is -2.33. The number of likely N-dealkylation sites (N-methyl/N-ethyl adjacent to an activating group) is 2. The van der Waals surface area contributed by atoms with Crippen LogP contribution in [0.1, 0.15) is 24.4 Å². The Labute approximate surface area is 122 Å². The highest BCUT2D eigenvalue weighted by molar-refractivity contribution is 5.30. The molecule has 112 valence electrons. The zero-order chi connectivity index (χ0) is 14.4. The minimum Gasteiger partial charge on any atom is -0.497 e. The van der Waals surface area contributed by atoms with E-state index in [1.807, 2.05) is 19.2 Å². The first-order chi connectivity index (χ1) is 9.74. The third-order valence-corrected chi connectivity index (χ3v) is 4.13. The van der Waals surface area contributed by atoms with Crippen LogP contribution >= 0.6 is 0 Å². The van der Waals surface area contributed by atoms with Gasteiger partial charge in [0.25, 0.3) is 0 Å². The van der Waals surface area contributed by atoms with Crippen LogP contribution < -0.4 is 10.1 Å². The van der Waals surface area contributed by atoms with Gasteiger partial charge >= 0.3 is 0 Å². The molecule has 0 amide bonds. The van der Waals surface area contributed by atoms with E-state index in [1.54, 1.807) is 7.11 Å². The van der Waals surface area contributed by atoms with Gasteiger partial charge in [0.1, 0.15) is 5.75 Å². The van der Waals surface area contributed by atoms with E-state index < -0.39 is 0 Å². The molecule has 2 rings (SSSR count). The molecule has 1 heterocycles. The van der Waals surface area contributed by atoms with Gasteiger partial charge in [-0.1, -0.05) is 12.1 Å². The summed E-state index contributed by atoms with van der Waals surface area (Å²) in [5.74, 6) is 0.913. The van der Waals surface area contributed by atoms with Crippen molar-refractivity contribution in [3.63, 3.8) is 0 Å². The standard InChI is InChI=1S/C16H26N2O2/c1-17-16(13-5-4-6-15(11-13)19-3)12-18(2)14-7-9-20-10-8-14/h4-6,11,14,16-17H,7-10,12H2,1-3H3. The van der Waals surface area contributed by atoms with Crippen molar-refractivity contribution in [3.05, 3.63) is 29.8 Å². The summed E-state index contributed by atoms with van der Waals surface area (Å²) in [7, 11) is 5.93. The van der Waals surface area contributed by atoms with Gasteiger partial charge in [0.05, 0.1) is 7.11 Å². The van der Waals surface area contributed by atoms with Crippen molar-refractivity contribution >= 4 is 0 Å². The third kappa shape index (κ3) is 3.95. The van der Waals surface area contributed by atoms with Crippen molar-refractivity contribution in [1.29, 1.82) is 0 Å². The Morgan fingerprint density at radius 3 is 2.80 bits per heavy atom. The zero-order valence-electron chi connectivity index (χ0n) is 12.8. The molecule has 0 saturated carbocycles. The van der Waals surface area contributed by atoms with Crippen LogP contribution in [0.4, 0.5) is 0 Å². The summed E-state index contributed by atoms with van der Waals surface area (Å²) in [6, 6.07) is 9.24. The monoisotopic (exact) mass is 278 g/mol.